The highest BCUT2D eigenvalue weighted by atomic mass is 16.1. The first-order chi connectivity index (χ1) is 18.0. The molecule has 1 saturated heterocycles. The summed E-state index contributed by atoms with van der Waals surface area (Å²) in [7, 11) is 0. The molecule has 0 bridgehead atoms. The van der Waals surface area contributed by atoms with Gasteiger partial charge in [-0.1, -0.05) is 74.5 Å². The summed E-state index contributed by atoms with van der Waals surface area (Å²) in [6, 6.07) is 20.5. The molecule has 4 aromatic rings. The summed E-state index contributed by atoms with van der Waals surface area (Å²) < 4.78 is 3.84. The first kappa shape index (κ1) is 25.0. The number of piperidine rings is 1. The molecule has 8 nitrogen and oxygen atoms in total. The molecule has 0 radical (unpaired) electrons. The zero-order chi connectivity index (χ0) is 25.8. The van der Waals surface area contributed by atoms with Gasteiger partial charge in [0.2, 0.25) is 11.9 Å². The number of benzene rings is 2. The predicted octanol–water partition coefficient (Wildman–Crippen LogP) is 4.23. The summed E-state index contributed by atoms with van der Waals surface area (Å²) in [5.74, 6) is 1.80. The lowest BCUT2D eigenvalue weighted by Crippen LogP contribution is -2.44. The SMILES string of the molecule is CC(C)CCn1c(NCc2ccccc2)nc2nc(N3CCCC(N)C3)n(Cc3ccccc3)c2c1=O. The second kappa shape index (κ2) is 11.2. The third-order valence-corrected chi connectivity index (χ3v) is 6.99. The van der Waals surface area contributed by atoms with E-state index in [-0.39, 0.29) is 11.6 Å². The normalized spacial score (nSPS) is 16.0. The van der Waals surface area contributed by atoms with E-state index in [4.69, 9.17) is 15.7 Å². The van der Waals surface area contributed by atoms with Crippen molar-refractivity contribution < 1.29 is 0 Å². The summed E-state index contributed by atoms with van der Waals surface area (Å²) in [5, 5.41) is 3.42. The predicted molar refractivity (Wildman–Crippen MR) is 150 cm³/mol. The Morgan fingerprint density at radius 3 is 2.38 bits per heavy atom. The lowest BCUT2D eigenvalue weighted by molar-refractivity contribution is 0.495. The number of nitrogens with zero attached hydrogens (tertiary/aromatic N) is 5. The van der Waals surface area contributed by atoms with Crippen molar-refractivity contribution >= 4 is 23.1 Å². The van der Waals surface area contributed by atoms with Gasteiger partial charge < -0.3 is 16.0 Å². The van der Waals surface area contributed by atoms with Crippen LogP contribution in [0.1, 0.15) is 44.2 Å². The van der Waals surface area contributed by atoms with Crippen LogP contribution in [-0.4, -0.2) is 38.2 Å². The van der Waals surface area contributed by atoms with E-state index in [9.17, 15) is 4.79 Å². The van der Waals surface area contributed by atoms with E-state index in [0.29, 0.717) is 42.7 Å². The zero-order valence-corrected chi connectivity index (χ0v) is 21.8. The fourth-order valence-corrected chi connectivity index (χ4v) is 4.96. The van der Waals surface area contributed by atoms with Gasteiger partial charge in [-0.2, -0.15) is 9.97 Å². The molecule has 1 atom stereocenters. The van der Waals surface area contributed by atoms with Gasteiger partial charge in [0.25, 0.3) is 5.56 Å². The second-order valence-corrected chi connectivity index (χ2v) is 10.4. The van der Waals surface area contributed by atoms with Crippen molar-refractivity contribution in [3.63, 3.8) is 0 Å². The monoisotopic (exact) mass is 499 g/mol. The molecule has 194 valence electrons. The Morgan fingerprint density at radius 2 is 1.70 bits per heavy atom. The molecular weight excluding hydrogens is 462 g/mol. The highest BCUT2D eigenvalue weighted by Gasteiger charge is 2.26. The molecule has 0 aliphatic carbocycles. The van der Waals surface area contributed by atoms with Crippen LogP contribution in [0.3, 0.4) is 0 Å². The van der Waals surface area contributed by atoms with Gasteiger partial charge in [0.15, 0.2) is 11.2 Å². The molecule has 37 heavy (non-hydrogen) atoms. The minimum absolute atomic E-state index is 0.0581. The van der Waals surface area contributed by atoms with E-state index in [1.54, 1.807) is 4.57 Å². The maximum atomic E-state index is 14.1. The first-order valence-corrected chi connectivity index (χ1v) is 13.3. The Morgan fingerprint density at radius 1 is 1.00 bits per heavy atom. The minimum Gasteiger partial charge on any atom is -0.351 e. The fourth-order valence-electron chi connectivity index (χ4n) is 4.96. The number of nitrogens with one attached hydrogen (secondary N) is 1. The highest BCUT2D eigenvalue weighted by molar-refractivity contribution is 5.76. The molecule has 1 aliphatic rings. The van der Waals surface area contributed by atoms with Crippen LogP contribution >= 0.6 is 0 Å². The van der Waals surface area contributed by atoms with Crippen molar-refractivity contribution in [2.24, 2.45) is 11.7 Å². The molecule has 0 spiro atoms. The van der Waals surface area contributed by atoms with Crippen molar-refractivity contribution in [3.8, 4) is 0 Å². The van der Waals surface area contributed by atoms with E-state index in [1.165, 1.54) is 0 Å². The standard InChI is InChI=1S/C29H37N7O/c1-21(2)15-17-35-27(37)25-26(32-28(35)31-18-22-10-5-3-6-11-22)33-29(34-16-9-14-24(30)20-34)36(25)19-23-12-7-4-8-13-23/h3-8,10-13,21,24H,9,14-20,30H2,1-2H3,(H,31,32). The van der Waals surface area contributed by atoms with Crippen LogP contribution in [0.2, 0.25) is 0 Å². The van der Waals surface area contributed by atoms with Gasteiger partial charge in [0, 0.05) is 32.2 Å². The van der Waals surface area contributed by atoms with Gasteiger partial charge in [0.1, 0.15) is 0 Å². The molecule has 5 rings (SSSR count). The lowest BCUT2D eigenvalue weighted by atomic mass is 10.1. The summed E-state index contributed by atoms with van der Waals surface area (Å²) in [4.78, 5) is 26.2. The van der Waals surface area contributed by atoms with Crippen molar-refractivity contribution in [3.05, 3.63) is 82.1 Å². The smallest absolute Gasteiger partial charge is 0.281 e. The van der Waals surface area contributed by atoms with Crippen LogP contribution in [-0.2, 0) is 19.6 Å². The molecule has 2 aromatic heterocycles. The number of anilines is 2. The van der Waals surface area contributed by atoms with Gasteiger partial charge in [-0.3, -0.25) is 13.9 Å². The Hall–Kier alpha value is -3.65. The van der Waals surface area contributed by atoms with Crippen LogP contribution in [0.15, 0.2) is 65.5 Å². The van der Waals surface area contributed by atoms with Crippen molar-refractivity contribution in [2.45, 2.75) is 58.8 Å². The number of imidazole rings is 1. The number of rotatable bonds is 9. The van der Waals surface area contributed by atoms with E-state index in [0.717, 1.165) is 49.4 Å². The molecular formula is C29H37N7O. The number of aromatic nitrogens is 4. The zero-order valence-electron chi connectivity index (χ0n) is 21.8. The summed E-state index contributed by atoms with van der Waals surface area (Å²) in [5.41, 5.74) is 9.54. The topological polar surface area (TPSA) is 94.0 Å². The van der Waals surface area contributed by atoms with Gasteiger partial charge in [-0.25, -0.2) is 0 Å². The largest absolute Gasteiger partial charge is 0.351 e. The number of fused-ring (bicyclic) bond motifs is 1. The molecule has 0 saturated carbocycles. The van der Waals surface area contributed by atoms with E-state index in [2.05, 4.69) is 48.3 Å². The molecule has 3 N–H and O–H groups in total. The van der Waals surface area contributed by atoms with E-state index >= 15 is 0 Å². The Labute approximate surface area is 218 Å². The van der Waals surface area contributed by atoms with Crippen molar-refractivity contribution in [1.29, 1.82) is 0 Å². The number of hydrogen-bond donors (Lipinski definition) is 2. The van der Waals surface area contributed by atoms with Gasteiger partial charge in [-0.15, -0.1) is 0 Å². The van der Waals surface area contributed by atoms with Crippen LogP contribution in [0.5, 0.6) is 0 Å². The van der Waals surface area contributed by atoms with Crippen LogP contribution in [0, 0.1) is 5.92 Å². The van der Waals surface area contributed by atoms with Crippen molar-refractivity contribution in [1.82, 2.24) is 19.1 Å². The number of nitrogens with two attached hydrogens (primary N) is 1. The molecule has 1 fully saturated rings. The minimum atomic E-state index is -0.0581. The number of hydrogen-bond acceptors (Lipinski definition) is 6. The van der Waals surface area contributed by atoms with Gasteiger partial charge in [-0.05, 0) is 36.3 Å². The third-order valence-electron chi connectivity index (χ3n) is 6.99. The Balaban J connectivity index is 1.62. The van der Waals surface area contributed by atoms with Crippen molar-refractivity contribution in [2.75, 3.05) is 23.3 Å². The second-order valence-electron chi connectivity index (χ2n) is 10.4. The molecule has 0 amide bonds. The van der Waals surface area contributed by atoms with E-state index in [1.807, 2.05) is 41.0 Å². The molecule has 8 heteroatoms. The highest BCUT2D eigenvalue weighted by Crippen LogP contribution is 2.25. The van der Waals surface area contributed by atoms with Crippen LogP contribution < -0.4 is 21.5 Å². The Bertz CT molecular complexity index is 1380. The summed E-state index contributed by atoms with van der Waals surface area (Å²) in [6.45, 7) is 7.66. The maximum Gasteiger partial charge on any atom is 0.281 e. The molecule has 1 unspecified atom stereocenters. The molecule has 2 aromatic carbocycles. The van der Waals surface area contributed by atoms with Crippen LogP contribution in [0.4, 0.5) is 11.9 Å². The first-order valence-electron chi connectivity index (χ1n) is 13.3. The fraction of sp³-hybridized carbons (Fsp3) is 0.414. The third kappa shape index (κ3) is 5.69. The average Bonchev–Trinajstić information content (AvgIpc) is 3.26. The lowest BCUT2D eigenvalue weighted by Gasteiger charge is -2.31. The molecule has 3 heterocycles. The molecule has 1 aliphatic heterocycles. The van der Waals surface area contributed by atoms with Gasteiger partial charge >= 0.3 is 0 Å². The van der Waals surface area contributed by atoms with Gasteiger partial charge in [0.05, 0.1) is 6.54 Å². The van der Waals surface area contributed by atoms with Crippen LogP contribution in [0.25, 0.3) is 11.2 Å². The maximum absolute atomic E-state index is 14.1. The summed E-state index contributed by atoms with van der Waals surface area (Å²) in [6.07, 6.45) is 2.89. The quantitative estimate of drug-likeness (QED) is 0.358. The summed E-state index contributed by atoms with van der Waals surface area (Å²) >= 11 is 0. The van der Waals surface area contributed by atoms with E-state index < -0.39 is 0 Å². The average molecular weight is 500 g/mol. The Kier molecular flexibility index (Phi) is 7.55.